The van der Waals surface area contributed by atoms with E-state index in [4.69, 9.17) is 0 Å². The van der Waals surface area contributed by atoms with Crippen molar-refractivity contribution in [2.75, 3.05) is 11.4 Å². The predicted molar refractivity (Wildman–Crippen MR) is 67.2 cm³/mol. The maximum atomic E-state index is 13.0. The molecule has 112 valence electrons. The van der Waals surface area contributed by atoms with Gasteiger partial charge in [0.05, 0.1) is 6.54 Å². The van der Waals surface area contributed by atoms with Gasteiger partial charge in [-0.2, -0.15) is 0 Å². The molecule has 2 aliphatic rings. The highest BCUT2D eigenvalue weighted by Gasteiger charge is 2.44. The van der Waals surface area contributed by atoms with Crippen LogP contribution in [-0.2, 0) is 9.59 Å². The van der Waals surface area contributed by atoms with Gasteiger partial charge in [0.1, 0.15) is 6.04 Å². The van der Waals surface area contributed by atoms with Crippen LogP contribution in [0.1, 0.15) is 13.3 Å². The van der Waals surface area contributed by atoms with Crippen LogP contribution in [0.3, 0.4) is 0 Å². The number of rotatable bonds is 2. The molecule has 8 heteroatoms. The van der Waals surface area contributed by atoms with Gasteiger partial charge in [0.25, 0.3) is 0 Å². The van der Waals surface area contributed by atoms with Crippen LogP contribution in [0.5, 0.6) is 11.5 Å². The van der Waals surface area contributed by atoms with E-state index >= 15 is 0 Å². The molecule has 0 aliphatic carbocycles. The highest BCUT2D eigenvalue weighted by atomic mass is 19.3. The molecule has 0 radical (unpaired) electrons. The Bertz CT molecular complexity index is 620. The van der Waals surface area contributed by atoms with E-state index in [1.54, 1.807) is 6.92 Å². The number of alkyl halides is 2. The van der Waals surface area contributed by atoms with Gasteiger partial charge < -0.3 is 14.8 Å². The highest BCUT2D eigenvalue weighted by Crippen LogP contribution is 2.43. The third-order valence-corrected chi connectivity index (χ3v) is 3.35. The number of anilines is 1. The second-order valence-electron chi connectivity index (χ2n) is 4.70. The number of nitrogens with zero attached hydrogens (tertiary/aromatic N) is 1. The molecule has 21 heavy (non-hydrogen) atoms. The Hall–Kier alpha value is -2.38. The summed E-state index contributed by atoms with van der Waals surface area (Å²) in [5.74, 6) is -0.857. The number of hydrogen-bond donors (Lipinski definition) is 1. The summed E-state index contributed by atoms with van der Waals surface area (Å²) >= 11 is 0. The minimum atomic E-state index is -3.71. The van der Waals surface area contributed by atoms with Crippen LogP contribution < -0.4 is 19.7 Å². The van der Waals surface area contributed by atoms with Gasteiger partial charge >= 0.3 is 6.29 Å². The molecular formula is C13H12F2N2O4. The lowest BCUT2D eigenvalue weighted by Crippen LogP contribution is -2.58. The first-order chi connectivity index (χ1) is 9.91. The SMILES string of the molecule is CCC1C(=O)NCC(=O)N1c1ccc2c(c1)OC(F)(F)O2. The van der Waals surface area contributed by atoms with Crippen molar-refractivity contribution in [1.82, 2.24) is 5.32 Å². The Balaban J connectivity index is 1.97. The average molecular weight is 298 g/mol. The quantitative estimate of drug-likeness (QED) is 0.892. The molecule has 6 nitrogen and oxygen atoms in total. The van der Waals surface area contributed by atoms with Gasteiger partial charge in [0.15, 0.2) is 11.5 Å². The van der Waals surface area contributed by atoms with Gasteiger partial charge in [0.2, 0.25) is 11.8 Å². The van der Waals surface area contributed by atoms with Crippen molar-refractivity contribution < 1.29 is 27.8 Å². The molecule has 3 rings (SSSR count). The number of hydrogen-bond acceptors (Lipinski definition) is 4. The first-order valence-corrected chi connectivity index (χ1v) is 6.41. The van der Waals surface area contributed by atoms with Crippen molar-refractivity contribution in [1.29, 1.82) is 0 Å². The molecule has 1 aromatic carbocycles. The molecule has 2 amide bonds. The first kappa shape index (κ1) is 13.6. The Morgan fingerprint density at radius 1 is 1.33 bits per heavy atom. The Morgan fingerprint density at radius 2 is 2.05 bits per heavy atom. The smallest absolute Gasteiger partial charge is 0.395 e. The second-order valence-corrected chi connectivity index (χ2v) is 4.70. The lowest BCUT2D eigenvalue weighted by molar-refractivity contribution is -0.286. The minimum Gasteiger partial charge on any atom is -0.395 e. The van der Waals surface area contributed by atoms with Crippen LogP contribution in [0.15, 0.2) is 18.2 Å². The summed E-state index contributed by atoms with van der Waals surface area (Å²) in [6.45, 7) is 1.64. The van der Waals surface area contributed by atoms with E-state index < -0.39 is 12.3 Å². The number of carbonyl (C=O) groups is 2. The normalized spacial score (nSPS) is 23.2. The third kappa shape index (κ3) is 2.26. The first-order valence-electron chi connectivity index (χ1n) is 6.41. The minimum absolute atomic E-state index is 0.106. The van der Waals surface area contributed by atoms with Crippen molar-refractivity contribution in [2.24, 2.45) is 0 Å². The van der Waals surface area contributed by atoms with Crippen LogP contribution in [0.2, 0.25) is 0 Å². The fourth-order valence-corrected chi connectivity index (χ4v) is 2.44. The number of piperazine rings is 1. The fourth-order valence-electron chi connectivity index (χ4n) is 2.44. The van der Waals surface area contributed by atoms with Crippen molar-refractivity contribution in [2.45, 2.75) is 25.7 Å². The molecule has 1 atom stereocenters. The molecule has 2 aliphatic heterocycles. The standard InChI is InChI=1S/C13H12F2N2O4/c1-2-8-12(19)16-6-11(18)17(8)7-3-4-9-10(5-7)21-13(14,15)20-9/h3-5,8H,2,6H2,1H3,(H,16,19). The summed E-state index contributed by atoms with van der Waals surface area (Å²) in [5, 5.41) is 2.49. The number of ether oxygens (including phenoxy) is 2. The summed E-state index contributed by atoms with van der Waals surface area (Å²) in [7, 11) is 0. The van der Waals surface area contributed by atoms with E-state index in [0.29, 0.717) is 12.1 Å². The van der Waals surface area contributed by atoms with Crippen LogP contribution >= 0.6 is 0 Å². The molecule has 1 N–H and O–H groups in total. The van der Waals surface area contributed by atoms with E-state index in [9.17, 15) is 18.4 Å². The molecule has 2 heterocycles. The molecule has 1 fully saturated rings. The maximum absolute atomic E-state index is 13.0. The largest absolute Gasteiger partial charge is 0.586 e. The summed E-state index contributed by atoms with van der Waals surface area (Å²) in [6, 6.07) is 3.34. The number of amides is 2. The average Bonchev–Trinajstić information content (AvgIpc) is 2.73. The van der Waals surface area contributed by atoms with Crippen LogP contribution in [0.4, 0.5) is 14.5 Å². The van der Waals surface area contributed by atoms with Crippen molar-refractivity contribution in [3.05, 3.63) is 18.2 Å². The highest BCUT2D eigenvalue weighted by molar-refractivity contribution is 6.06. The molecule has 0 spiro atoms. The van der Waals surface area contributed by atoms with Crippen LogP contribution in [0, 0.1) is 0 Å². The molecule has 1 aromatic rings. The van der Waals surface area contributed by atoms with Crippen LogP contribution in [-0.4, -0.2) is 30.7 Å². The van der Waals surface area contributed by atoms with Gasteiger partial charge in [-0.15, -0.1) is 8.78 Å². The van der Waals surface area contributed by atoms with E-state index in [0.717, 1.165) is 0 Å². The zero-order valence-corrected chi connectivity index (χ0v) is 11.1. The summed E-state index contributed by atoms with van der Waals surface area (Å²) < 4.78 is 34.7. The van der Waals surface area contributed by atoms with Crippen molar-refractivity contribution in [3.63, 3.8) is 0 Å². The zero-order valence-electron chi connectivity index (χ0n) is 11.1. The number of benzene rings is 1. The number of carbonyl (C=O) groups excluding carboxylic acids is 2. The van der Waals surface area contributed by atoms with E-state index in [1.807, 2.05) is 0 Å². The van der Waals surface area contributed by atoms with Gasteiger partial charge in [0, 0.05) is 11.8 Å². The van der Waals surface area contributed by atoms with Gasteiger partial charge in [-0.05, 0) is 18.6 Å². The number of halogens is 2. The zero-order chi connectivity index (χ0) is 15.2. The molecular weight excluding hydrogens is 286 g/mol. The van der Waals surface area contributed by atoms with Gasteiger partial charge in [-0.25, -0.2) is 0 Å². The van der Waals surface area contributed by atoms with Gasteiger partial charge in [-0.1, -0.05) is 6.92 Å². The molecule has 1 unspecified atom stereocenters. The Kier molecular flexibility index (Phi) is 2.96. The third-order valence-electron chi connectivity index (χ3n) is 3.35. The topological polar surface area (TPSA) is 67.9 Å². The van der Waals surface area contributed by atoms with Crippen LogP contribution in [0.25, 0.3) is 0 Å². The second kappa shape index (κ2) is 4.57. The van der Waals surface area contributed by atoms with Crippen molar-refractivity contribution >= 4 is 17.5 Å². The summed E-state index contributed by atoms with van der Waals surface area (Å²) in [6.07, 6.45) is -3.31. The number of nitrogens with one attached hydrogen (secondary N) is 1. The molecule has 1 saturated heterocycles. The van der Waals surface area contributed by atoms with Crippen molar-refractivity contribution in [3.8, 4) is 11.5 Å². The molecule has 0 aromatic heterocycles. The molecule has 0 saturated carbocycles. The summed E-state index contributed by atoms with van der Waals surface area (Å²) in [4.78, 5) is 25.1. The van der Waals surface area contributed by atoms with Gasteiger partial charge in [-0.3, -0.25) is 14.5 Å². The lowest BCUT2D eigenvalue weighted by atomic mass is 10.1. The lowest BCUT2D eigenvalue weighted by Gasteiger charge is -2.34. The predicted octanol–water partition coefficient (Wildman–Crippen LogP) is 1.25. The maximum Gasteiger partial charge on any atom is 0.586 e. The monoisotopic (exact) mass is 298 g/mol. The Morgan fingerprint density at radius 3 is 2.76 bits per heavy atom. The Labute approximate surface area is 118 Å². The fraction of sp³-hybridized carbons (Fsp3) is 0.385. The van der Waals surface area contributed by atoms with E-state index in [2.05, 4.69) is 14.8 Å². The van der Waals surface area contributed by atoms with E-state index in [-0.39, 0.29) is 29.9 Å². The number of fused-ring (bicyclic) bond motifs is 1. The summed E-state index contributed by atoms with van der Waals surface area (Å²) in [5.41, 5.74) is 0.321. The van der Waals surface area contributed by atoms with E-state index in [1.165, 1.54) is 23.1 Å². The molecule has 0 bridgehead atoms.